The SMILES string of the molecule is CC(O)CN(C)c1nc(Cl)c(CO)s1. The van der Waals surface area contributed by atoms with Crippen molar-refractivity contribution in [2.75, 3.05) is 18.5 Å². The molecule has 4 nitrogen and oxygen atoms in total. The van der Waals surface area contributed by atoms with E-state index in [0.29, 0.717) is 21.7 Å². The molecule has 1 atom stereocenters. The lowest BCUT2D eigenvalue weighted by molar-refractivity contribution is 0.201. The molecule has 1 aromatic rings. The van der Waals surface area contributed by atoms with Crippen molar-refractivity contribution in [2.24, 2.45) is 0 Å². The van der Waals surface area contributed by atoms with Crippen LogP contribution in [0.3, 0.4) is 0 Å². The van der Waals surface area contributed by atoms with E-state index in [0.717, 1.165) is 0 Å². The number of nitrogens with zero attached hydrogens (tertiary/aromatic N) is 2. The Kier molecular flexibility index (Phi) is 4.12. The molecule has 6 heteroatoms. The van der Waals surface area contributed by atoms with Gasteiger partial charge in [0, 0.05) is 13.6 Å². The number of rotatable bonds is 4. The zero-order valence-corrected chi connectivity index (χ0v) is 9.64. The summed E-state index contributed by atoms with van der Waals surface area (Å²) < 4.78 is 0. The molecule has 0 aliphatic heterocycles. The van der Waals surface area contributed by atoms with E-state index in [4.69, 9.17) is 16.7 Å². The first kappa shape index (κ1) is 11.7. The summed E-state index contributed by atoms with van der Waals surface area (Å²) >= 11 is 7.11. The number of hydrogen-bond donors (Lipinski definition) is 2. The number of anilines is 1. The van der Waals surface area contributed by atoms with E-state index in [1.807, 2.05) is 7.05 Å². The number of hydrogen-bond acceptors (Lipinski definition) is 5. The van der Waals surface area contributed by atoms with Crippen LogP contribution in [0.5, 0.6) is 0 Å². The van der Waals surface area contributed by atoms with Gasteiger partial charge in [-0.2, -0.15) is 0 Å². The van der Waals surface area contributed by atoms with Crippen molar-refractivity contribution in [1.82, 2.24) is 4.98 Å². The number of aliphatic hydroxyl groups is 2. The van der Waals surface area contributed by atoms with Gasteiger partial charge in [0.2, 0.25) is 0 Å². The van der Waals surface area contributed by atoms with Crippen LogP contribution < -0.4 is 4.90 Å². The Morgan fingerprint density at radius 3 is 2.71 bits per heavy atom. The van der Waals surface area contributed by atoms with E-state index >= 15 is 0 Å². The number of thiazole rings is 1. The fraction of sp³-hybridized carbons (Fsp3) is 0.625. The van der Waals surface area contributed by atoms with E-state index in [1.165, 1.54) is 11.3 Å². The second-order valence-corrected chi connectivity index (χ2v) is 4.52. The molecule has 1 aromatic heterocycles. The second-order valence-electron chi connectivity index (χ2n) is 3.10. The van der Waals surface area contributed by atoms with Gasteiger partial charge >= 0.3 is 0 Å². The highest BCUT2D eigenvalue weighted by atomic mass is 35.5. The van der Waals surface area contributed by atoms with Crippen LogP contribution in [0, 0.1) is 0 Å². The quantitative estimate of drug-likeness (QED) is 0.822. The highest BCUT2D eigenvalue weighted by Gasteiger charge is 2.12. The molecule has 0 aromatic carbocycles. The predicted molar refractivity (Wildman–Crippen MR) is 58.0 cm³/mol. The molecule has 0 fully saturated rings. The maximum Gasteiger partial charge on any atom is 0.186 e. The minimum absolute atomic E-state index is 0.0982. The van der Waals surface area contributed by atoms with Gasteiger partial charge in [0.05, 0.1) is 17.6 Å². The number of likely N-dealkylation sites (N-methyl/N-ethyl adjacent to an activating group) is 1. The monoisotopic (exact) mass is 236 g/mol. The predicted octanol–water partition coefficient (Wildman–Crippen LogP) is 1.11. The molecule has 0 amide bonds. The van der Waals surface area contributed by atoms with Crippen LogP contribution in [-0.4, -0.2) is 34.9 Å². The first-order valence-electron chi connectivity index (χ1n) is 4.20. The highest BCUT2D eigenvalue weighted by molar-refractivity contribution is 7.16. The third-order valence-corrected chi connectivity index (χ3v) is 3.23. The van der Waals surface area contributed by atoms with Gasteiger partial charge in [-0.3, -0.25) is 0 Å². The average Bonchev–Trinajstić information content (AvgIpc) is 2.45. The van der Waals surface area contributed by atoms with Gasteiger partial charge in [-0.15, -0.1) is 0 Å². The summed E-state index contributed by atoms with van der Waals surface area (Å²) in [5, 5.41) is 19.1. The molecular formula is C8H13ClN2O2S. The van der Waals surface area contributed by atoms with Crippen molar-refractivity contribution in [3.8, 4) is 0 Å². The third kappa shape index (κ3) is 2.81. The Balaban J connectivity index is 2.75. The van der Waals surface area contributed by atoms with Crippen LogP contribution in [-0.2, 0) is 6.61 Å². The van der Waals surface area contributed by atoms with Crippen molar-refractivity contribution in [2.45, 2.75) is 19.6 Å². The lowest BCUT2D eigenvalue weighted by Gasteiger charge is -2.16. The minimum atomic E-state index is -0.416. The Morgan fingerprint density at radius 2 is 2.29 bits per heavy atom. The fourth-order valence-electron chi connectivity index (χ4n) is 1.06. The van der Waals surface area contributed by atoms with Crippen molar-refractivity contribution >= 4 is 28.1 Å². The van der Waals surface area contributed by atoms with Gasteiger partial charge in [0.15, 0.2) is 5.13 Å². The van der Waals surface area contributed by atoms with Gasteiger partial charge in [0.1, 0.15) is 5.15 Å². The summed E-state index contributed by atoms with van der Waals surface area (Å²) in [6.45, 7) is 2.10. The minimum Gasteiger partial charge on any atom is -0.392 e. The summed E-state index contributed by atoms with van der Waals surface area (Å²) in [5.74, 6) is 0. The lowest BCUT2D eigenvalue weighted by Crippen LogP contribution is -2.26. The molecule has 0 radical (unpaired) electrons. The first-order valence-corrected chi connectivity index (χ1v) is 5.39. The molecule has 1 rings (SSSR count). The number of halogens is 1. The zero-order valence-electron chi connectivity index (χ0n) is 8.07. The summed E-state index contributed by atoms with van der Waals surface area (Å²) in [4.78, 5) is 6.53. The van der Waals surface area contributed by atoms with E-state index in [2.05, 4.69) is 4.98 Å². The Bertz CT molecular complexity index is 304. The molecular weight excluding hydrogens is 224 g/mol. The molecule has 2 N–H and O–H groups in total. The van der Waals surface area contributed by atoms with Crippen LogP contribution in [0.25, 0.3) is 0 Å². The molecule has 0 aliphatic rings. The van der Waals surface area contributed by atoms with Crippen LogP contribution in [0.4, 0.5) is 5.13 Å². The van der Waals surface area contributed by atoms with Crippen LogP contribution in [0.2, 0.25) is 5.15 Å². The third-order valence-electron chi connectivity index (χ3n) is 1.65. The Hall–Kier alpha value is -0.360. The molecule has 0 saturated carbocycles. The van der Waals surface area contributed by atoms with Gasteiger partial charge in [-0.1, -0.05) is 22.9 Å². The van der Waals surface area contributed by atoms with Crippen molar-refractivity contribution in [1.29, 1.82) is 0 Å². The van der Waals surface area contributed by atoms with E-state index in [-0.39, 0.29) is 6.61 Å². The van der Waals surface area contributed by atoms with Crippen molar-refractivity contribution < 1.29 is 10.2 Å². The Morgan fingerprint density at radius 1 is 1.64 bits per heavy atom. The second kappa shape index (κ2) is 4.93. The molecule has 14 heavy (non-hydrogen) atoms. The summed E-state index contributed by atoms with van der Waals surface area (Å²) in [6.07, 6.45) is -0.416. The summed E-state index contributed by atoms with van der Waals surface area (Å²) in [7, 11) is 1.82. The molecule has 80 valence electrons. The Labute approximate surface area is 91.8 Å². The van der Waals surface area contributed by atoms with E-state index in [1.54, 1.807) is 11.8 Å². The van der Waals surface area contributed by atoms with Crippen molar-refractivity contribution in [3.63, 3.8) is 0 Å². The summed E-state index contributed by atoms with van der Waals surface area (Å²) in [5.41, 5.74) is 0. The topological polar surface area (TPSA) is 56.6 Å². The molecule has 0 saturated heterocycles. The van der Waals surface area contributed by atoms with E-state index in [9.17, 15) is 5.11 Å². The molecule has 0 bridgehead atoms. The maximum atomic E-state index is 9.17. The molecule has 1 heterocycles. The highest BCUT2D eigenvalue weighted by Crippen LogP contribution is 2.28. The van der Waals surface area contributed by atoms with Crippen LogP contribution in [0.15, 0.2) is 0 Å². The maximum absolute atomic E-state index is 9.17. The zero-order chi connectivity index (χ0) is 10.7. The standard InChI is InChI=1S/C8H13ClN2O2S/c1-5(13)3-11(2)8-10-7(9)6(4-12)14-8/h5,12-13H,3-4H2,1-2H3. The normalized spacial score (nSPS) is 12.9. The average molecular weight is 237 g/mol. The van der Waals surface area contributed by atoms with Gasteiger partial charge in [0.25, 0.3) is 0 Å². The first-order chi connectivity index (χ1) is 6.54. The molecule has 0 aliphatic carbocycles. The smallest absolute Gasteiger partial charge is 0.186 e. The van der Waals surface area contributed by atoms with Crippen LogP contribution >= 0.6 is 22.9 Å². The molecule has 0 spiro atoms. The van der Waals surface area contributed by atoms with Gasteiger partial charge < -0.3 is 15.1 Å². The number of aromatic nitrogens is 1. The largest absolute Gasteiger partial charge is 0.392 e. The van der Waals surface area contributed by atoms with E-state index < -0.39 is 6.10 Å². The van der Waals surface area contributed by atoms with Gasteiger partial charge in [-0.05, 0) is 6.92 Å². The lowest BCUT2D eigenvalue weighted by atomic mass is 10.4. The molecule has 1 unspecified atom stereocenters. The van der Waals surface area contributed by atoms with Crippen LogP contribution in [0.1, 0.15) is 11.8 Å². The van der Waals surface area contributed by atoms with Gasteiger partial charge in [-0.25, -0.2) is 4.98 Å². The fourth-order valence-corrected chi connectivity index (χ4v) is 2.14. The van der Waals surface area contributed by atoms with Crippen molar-refractivity contribution in [3.05, 3.63) is 10.0 Å². The number of aliphatic hydroxyl groups excluding tert-OH is 2. The summed E-state index contributed by atoms with van der Waals surface area (Å²) in [6, 6.07) is 0.